The van der Waals surface area contributed by atoms with Gasteiger partial charge in [0.1, 0.15) is 24.2 Å². The Kier molecular flexibility index (Phi) is 14.8. The molecule has 6 aliphatic rings. The number of anilines is 3. The summed E-state index contributed by atoms with van der Waals surface area (Å²) in [6.45, 7) is 11.6. The zero-order valence-corrected chi connectivity index (χ0v) is 40.6. The smallest absolute Gasteiger partial charge is 0.264 e. The summed E-state index contributed by atoms with van der Waals surface area (Å²) in [6, 6.07) is 13.6. The number of carbonyl (C=O) groups excluding carboxylic acids is 7. The fourth-order valence-electron chi connectivity index (χ4n) is 10.1. The average molecular weight is 968 g/mol. The summed E-state index contributed by atoms with van der Waals surface area (Å²) in [5.74, 6) is -0.635. The molecule has 6 amide bonds. The Morgan fingerprint density at radius 1 is 0.944 bits per heavy atom. The molecule has 3 N–H and O–H groups in total. The molecule has 2 saturated heterocycles. The van der Waals surface area contributed by atoms with Crippen molar-refractivity contribution in [1.29, 1.82) is 0 Å². The molecular formula is C53H61N9O9. The van der Waals surface area contributed by atoms with Crippen LogP contribution in [0.2, 0.25) is 0 Å². The SMILES string of the molecule is Cc1cc2cc(n1)C1=C(CC(C)CN=C1)OCCC[C@@H](C)CN1/C(=C\CC2=O)Nc2ccc(CN3CCN(C(=O)CCCOCC(=O)Nc4cccc5c4C(=O)N(C4CCC(=O)NC4=O)C5=O)CC3)cc21. The predicted molar refractivity (Wildman–Crippen MR) is 265 cm³/mol. The van der Waals surface area contributed by atoms with Crippen molar-refractivity contribution in [2.45, 2.75) is 84.7 Å². The molecule has 6 aliphatic heterocycles. The van der Waals surface area contributed by atoms with E-state index in [1.54, 1.807) is 0 Å². The summed E-state index contributed by atoms with van der Waals surface area (Å²) in [6.07, 6.45) is 7.42. The summed E-state index contributed by atoms with van der Waals surface area (Å²) in [4.78, 5) is 107. The van der Waals surface area contributed by atoms with Gasteiger partial charge in [-0.1, -0.05) is 26.0 Å². The highest BCUT2D eigenvalue weighted by molar-refractivity contribution is 6.26. The van der Waals surface area contributed by atoms with E-state index in [0.29, 0.717) is 55.8 Å². The Hall–Kier alpha value is -7.05. The first-order valence-corrected chi connectivity index (χ1v) is 24.8. The van der Waals surface area contributed by atoms with Crippen LogP contribution in [-0.2, 0) is 35.2 Å². The van der Waals surface area contributed by atoms with Crippen LogP contribution in [0.15, 0.2) is 71.2 Å². The van der Waals surface area contributed by atoms with Crippen molar-refractivity contribution in [3.05, 3.63) is 99.8 Å². The molecule has 372 valence electrons. The summed E-state index contributed by atoms with van der Waals surface area (Å²) in [5.41, 5.74) is 6.34. The predicted octanol–water partition coefficient (Wildman–Crippen LogP) is 5.49. The third-order valence-electron chi connectivity index (χ3n) is 13.8. The monoisotopic (exact) mass is 967 g/mol. The third-order valence-corrected chi connectivity index (χ3v) is 13.8. The number of nitrogens with one attached hydrogen (secondary N) is 3. The van der Waals surface area contributed by atoms with Gasteiger partial charge in [0.25, 0.3) is 11.8 Å². The summed E-state index contributed by atoms with van der Waals surface area (Å²) in [5, 5.41) is 8.42. The van der Waals surface area contributed by atoms with Crippen molar-refractivity contribution in [3.8, 4) is 0 Å². The number of benzene rings is 2. The number of fused-ring (bicyclic) bond motifs is 7. The molecule has 2 aromatic carbocycles. The number of hydrogen-bond acceptors (Lipinski definition) is 14. The molecule has 2 fully saturated rings. The first kappa shape index (κ1) is 49.0. The highest BCUT2D eigenvalue weighted by Crippen LogP contribution is 2.39. The number of nitrogens with zero attached hydrogens (tertiary/aromatic N) is 6. The first-order chi connectivity index (χ1) is 34.3. The van der Waals surface area contributed by atoms with Crippen LogP contribution in [0, 0.1) is 18.8 Å². The standard InChI is InChI=1S/C53H61N9O9/c1-32-7-5-22-71-45-23-33(2)27-54-28-38(45)41-26-36(24-34(3)55-41)44(63)14-15-46-56-39-12-11-35(25-43(39)61(46)29-32)30-59-17-19-60(20-18-59)49(66)10-6-21-70-31-48(65)57-40-9-4-8-37-50(40)53(69)62(52(37)68)42-13-16-47(64)58-51(42)67/h4,8-9,11-12,15,24-26,28,32-33,42,56H,5-7,10,13-14,16-23,27,29-31H2,1-3H3,(H,57,65)(H,58,64,67)/b46-15-/t32-,33?,42?/m1/s1. The van der Waals surface area contributed by atoms with Crippen molar-refractivity contribution >= 4 is 70.1 Å². The van der Waals surface area contributed by atoms with Gasteiger partial charge in [0.2, 0.25) is 23.6 Å². The van der Waals surface area contributed by atoms with E-state index in [1.165, 1.54) is 18.2 Å². The van der Waals surface area contributed by atoms with Crippen LogP contribution in [0.5, 0.6) is 0 Å². The van der Waals surface area contributed by atoms with Crippen molar-refractivity contribution < 1.29 is 43.0 Å². The van der Waals surface area contributed by atoms with Gasteiger partial charge in [-0.3, -0.25) is 58.7 Å². The fourth-order valence-corrected chi connectivity index (χ4v) is 10.1. The maximum absolute atomic E-state index is 13.8. The number of ether oxygens (including phenoxy) is 2. The fraction of sp³-hybridized carbons (Fsp3) is 0.453. The number of ketones is 1. The van der Waals surface area contributed by atoms with Gasteiger partial charge in [-0.05, 0) is 92.5 Å². The largest absolute Gasteiger partial charge is 0.497 e. The second-order valence-electron chi connectivity index (χ2n) is 19.5. The number of hydrogen-bond donors (Lipinski definition) is 3. The number of allylic oxidation sites excluding steroid dienone is 3. The van der Waals surface area contributed by atoms with E-state index < -0.39 is 35.6 Å². The minimum absolute atomic E-state index is 0.00205. The molecule has 1 aromatic heterocycles. The molecule has 2 unspecified atom stereocenters. The van der Waals surface area contributed by atoms with Crippen LogP contribution in [-0.4, -0.2) is 132 Å². The number of amides is 6. The van der Waals surface area contributed by atoms with Gasteiger partial charge in [0.05, 0.1) is 46.1 Å². The summed E-state index contributed by atoms with van der Waals surface area (Å²) in [7, 11) is 0. The summed E-state index contributed by atoms with van der Waals surface area (Å²) < 4.78 is 12.1. The number of aliphatic imine (C=N–C) groups is 1. The van der Waals surface area contributed by atoms with Crippen LogP contribution in [0.1, 0.15) is 113 Å². The molecule has 0 saturated carbocycles. The lowest BCUT2D eigenvalue weighted by Gasteiger charge is -2.35. The van der Waals surface area contributed by atoms with Gasteiger partial charge in [0, 0.05) is 95.6 Å². The van der Waals surface area contributed by atoms with Gasteiger partial charge in [-0.25, -0.2) is 0 Å². The third kappa shape index (κ3) is 11.1. The van der Waals surface area contributed by atoms with Crippen LogP contribution in [0.3, 0.4) is 0 Å². The molecular weight excluding hydrogens is 907 g/mol. The van der Waals surface area contributed by atoms with Crippen molar-refractivity contribution in [1.82, 2.24) is 25.0 Å². The van der Waals surface area contributed by atoms with Crippen LogP contribution in [0.4, 0.5) is 17.1 Å². The van der Waals surface area contributed by atoms with E-state index >= 15 is 0 Å². The van der Waals surface area contributed by atoms with E-state index in [4.69, 9.17) is 14.5 Å². The normalized spacial score (nSPS) is 22.6. The van der Waals surface area contributed by atoms with Gasteiger partial charge < -0.3 is 29.9 Å². The lowest BCUT2D eigenvalue weighted by atomic mass is 10.0. The minimum atomic E-state index is -1.12. The zero-order chi connectivity index (χ0) is 49.8. The molecule has 18 nitrogen and oxygen atoms in total. The molecule has 0 radical (unpaired) electrons. The van der Waals surface area contributed by atoms with E-state index in [0.717, 1.165) is 90.1 Å². The Bertz CT molecular complexity index is 2740. The van der Waals surface area contributed by atoms with Gasteiger partial charge in [-0.2, -0.15) is 0 Å². The van der Waals surface area contributed by atoms with E-state index in [2.05, 4.69) is 62.8 Å². The van der Waals surface area contributed by atoms with Gasteiger partial charge in [-0.15, -0.1) is 0 Å². The maximum atomic E-state index is 13.8. The highest BCUT2D eigenvalue weighted by atomic mass is 16.5. The first-order valence-electron chi connectivity index (χ1n) is 24.8. The number of Topliss-reactive ketones (excluding diaryl/α,β-unsaturated/α-hetero) is 1. The van der Waals surface area contributed by atoms with Gasteiger partial charge >= 0.3 is 0 Å². The lowest BCUT2D eigenvalue weighted by Crippen LogP contribution is -2.54. The molecule has 9 rings (SSSR count). The molecule has 18 heteroatoms. The van der Waals surface area contributed by atoms with Crippen molar-refractivity contribution in [2.24, 2.45) is 16.8 Å². The number of imide groups is 2. The second-order valence-corrected chi connectivity index (χ2v) is 19.5. The number of rotatable bonds is 10. The van der Waals surface area contributed by atoms with Crippen molar-refractivity contribution in [3.63, 3.8) is 0 Å². The average Bonchev–Trinajstić information content (AvgIpc) is 3.72. The number of carbonyl (C=O) groups is 7. The number of aryl methyl sites for hydroxylation is 1. The number of aromatic nitrogens is 1. The second kappa shape index (κ2) is 21.5. The topological polar surface area (TPSA) is 212 Å². The molecule has 7 heterocycles. The Labute approximate surface area is 412 Å². The molecule has 3 aromatic rings. The lowest BCUT2D eigenvalue weighted by molar-refractivity contribution is -0.136. The van der Waals surface area contributed by atoms with E-state index in [-0.39, 0.29) is 67.4 Å². The highest BCUT2D eigenvalue weighted by Gasteiger charge is 2.46. The van der Waals surface area contributed by atoms with Crippen molar-refractivity contribution in [2.75, 3.05) is 74.6 Å². The Balaban J connectivity index is 0.746. The number of piperazine rings is 1. The zero-order valence-electron chi connectivity index (χ0n) is 40.6. The quantitative estimate of drug-likeness (QED) is 0.170. The maximum Gasteiger partial charge on any atom is 0.264 e. The Morgan fingerprint density at radius 2 is 1.77 bits per heavy atom. The van der Waals surface area contributed by atoms with E-state index in [1.807, 2.05) is 36.2 Å². The number of piperidine rings is 1. The molecule has 0 spiro atoms. The molecule has 3 atom stereocenters. The number of pyridine rings is 1. The summed E-state index contributed by atoms with van der Waals surface area (Å²) >= 11 is 0. The minimum Gasteiger partial charge on any atom is -0.497 e. The Morgan fingerprint density at radius 3 is 2.59 bits per heavy atom. The molecule has 0 aliphatic carbocycles. The van der Waals surface area contributed by atoms with Crippen LogP contribution in [0.25, 0.3) is 5.57 Å². The van der Waals surface area contributed by atoms with Crippen LogP contribution >= 0.6 is 0 Å². The molecule has 2 bridgehead atoms. The van der Waals surface area contributed by atoms with Gasteiger partial charge in [0.15, 0.2) is 5.78 Å². The van der Waals surface area contributed by atoms with E-state index in [9.17, 15) is 33.6 Å². The van der Waals surface area contributed by atoms with Crippen LogP contribution < -0.4 is 20.9 Å². The molecule has 71 heavy (non-hydrogen) atoms.